The number of aliphatic carboxylic acids is 1. The first-order valence-corrected chi connectivity index (χ1v) is 10.8. The summed E-state index contributed by atoms with van der Waals surface area (Å²) in [7, 11) is 0. The van der Waals surface area contributed by atoms with Gasteiger partial charge in [0, 0.05) is 29.6 Å². The molecule has 0 aliphatic rings. The van der Waals surface area contributed by atoms with E-state index in [9.17, 15) is 24.6 Å². The Morgan fingerprint density at radius 2 is 1.97 bits per heavy atom. The van der Waals surface area contributed by atoms with E-state index in [0.29, 0.717) is 34.1 Å². The number of aromatic amines is 1. The van der Waals surface area contributed by atoms with Gasteiger partial charge in [0.1, 0.15) is 23.1 Å². The maximum Gasteiger partial charge on any atom is 0.336 e. The predicted molar refractivity (Wildman–Crippen MR) is 125 cm³/mol. The molecule has 0 aliphatic carbocycles. The number of rotatable bonds is 8. The minimum atomic E-state index is -1.20. The molecule has 2 aromatic heterocycles. The van der Waals surface area contributed by atoms with Crippen LogP contribution in [0.2, 0.25) is 0 Å². The van der Waals surface area contributed by atoms with Crippen molar-refractivity contribution in [2.45, 2.75) is 32.7 Å². The lowest BCUT2D eigenvalue weighted by molar-refractivity contribution is -0.142. The van der Waals surface area contributed by atoms with Crippen molar-refractivity contribution in [3.05, 3.63) is 69.7 Å². The van der Waals surface area contributed by atoms with Gasteiger partial charge < -0.3 is 29.7 Å². The van der Waals surface area contributed by atoms with E-state index in [1.807, 2.05) is 13.8 Å². The van der Waals surface area contributed by atoms with E-state index in [4.69, 9.17) is 9.15 Å². The molecule has 34 heavy (non-hydrogen) atoms. The quantitative estimate of drug-likeness (QED) is 0.294. The molecule has 2 heterocycles. The van der Waals surface area contributed by atoms with Crippen LogP contribution in [0.15, 0.2) is 51.8 Å². The SMILES string of the molecule is CCc1cc(=O)oc2cc(C)cc(OCC(=O)N[C@H](Cc3c[nH]c4ccc(O)cc34)C(=O)O)c12. The summed E-state index contributed by atoms with van der Waals surface area (Å²) in [4.78, 5) is 39.3. The standard InChI is InChI=1S/C25H24N2O7/c1-3-14-9-23(30)34-21-7-13(2)6-20(24(14)21)33-12-22(29)27-19(25(31)32)8-15-11-26-18-5-4-16(28)10-17(15)18/h4-7,9-11,19,26,28H,3,8,12H2,1-2H3,(H,27,29)(H,31,32)/t19-/m1/s1. The van der Waals surface area contributed by atoms with Crippen molar-refractivity contribution in [1.82, 2.24) is 10.3 Å². The van der Waals surface area contributed by atoms with E-state index in [0.717, 1.165) is 16.6 Å². The highest BCUT2D eigenvalue weighted by molar-refractivity contribution is 5.89. The summed E-state index contributed by atoms with van der Waals surface area (Å²) in [6, 6.07) is 8.41. The van der Waals surface area contributed by atoms with Gasteiger partial charge in [0.05, 0.1) is 5.39 Å². The van der Waals surface area contributed by atoms with Crippen LogP contribution < -0.4 is 15.7 Å². The number of ether oxygens (including phenoxy) is 1. The molecular weight excluding hydrogens is 440 g/mol. The second-order valence-corrected chi connectivity index (χ2v) is 8.08. The van der Waals surface area contributed by atoms with Crippen molar-refractivity contribution in [1.29, 1.82) is 0 Å². The molecule has 4 rings (SSSR count). The lowest BCUT2D eigenvalue weighted by Gasteiger charge is -2.16. The summed E-state index contributed by atoms with van der Waals surface area (Å²) in [5, 5.41) is 23.2. The molecule has 4 N–H and O–H groups in total. The topological polar surface area (TPSA) is 142 Å². The van der Waals surface area contributed by atoms with E-state index in [-0.39, 0.29) is 12.2 Å². The Balaban J connectivity index is 1.51. The average molecular weight is 464 g/mol. The van der Waals surface area contributed by atoms with Crippen LogP contribution in [0.4, 0.5) is 0 Å². The number of carbonyl (C=O) groups excluding carboxylic acids is 1. The van der Waals surface area contributed by atoms with Crippen molar-refractivity contribution in [3.8, 4) is 11.5 Å². The third-order valence-corrected chi connectivity index (χ3v) is 5.58. The number of phenols is 1. The molecule has 0 spiro atoms. The zero-order chi connectivity index (χ0) is 24.4. The van der Waals surface area contributed by atoms with Crippen LogP contribution in [0, 0.1) is 6.92 Å². The molecule has 4 aromatic rings. The number of amides is 1. The van der Waals surface area contributed by atoms with Crippen LogP contribution in [0.25, 0.3) is 21.9 Å². The lowest BCUT2D eigenvalue weighted by Crippen LogP contribution is -2.44. The Morgan fingerprint density at radius 1 is 1.18 bits per heavy atom. The molecule has 0 unspecified atom stereocenters. The maximum absolute atomic E-state index is 12.6. The Kier molecular flexibility index (Phi) is 6.27. The van der Waals surface area contributed by atoms with E-state index in [2.05, 4.69) is 10.3 Å². The minimum Gasteiger partial charge on any atom is -0.508 e. The first kappa shape index (κ1) is 22.9. The Labute approximate surface area is 194 Å². The van der Waals surface area contributed by atoms with Crippen molar-refractivity contribution < 1.29 is 29.0 Å². The number of hydrogen-bond donors (Lipinski definition) is 4. The molecule has 0 saturated heterocycles. The summed E-state index contributed by atoms with van der Waals surface area (Å²) in [5.74, 6) is -1.37. The number of hydrogen-bond acceptors (Lipinski definition) is 6. The van der Waals surface area contributed by atoms with Crippen LogP contribution in [0.5, 0.6) is 11.5 Å². The fourth-order valence-electron chi connectivity index (χ4n) is 4.00. The van der Waals surface area contributed by atoms with Crippen molar-refractivity contribution in [2.24, 2.45) is 0 Å². The average Bonchev–Trinajstić information content (AvgIpc) is 3.17. The molecule has 1 atom stereocenters. The number of H-pyrrole nitrogens is 1. The molecule has 0 radical (unpaired) electrons. The zero-order valence-electron chi connectivity index (χ0n) is 18.7. The fraction of sp³-hybridized carbons (Fsp3) is 0.240. The summed E-state index contributed by atoms with van der Waals surface area (Å²) in [5.41, 5.74) is 2.81. The van der Waals surface area contributed by atoms with Gasteiger partial charge in [0.15, 0.2) is 6.61 Å². The fourth-order valence-corrected chi connectivity index (χ4v) is 4.00. The van der Waals surface area contributed by atoms with Crippen molar-refractivity contribution in [2.75, 3.05) is 6.61 Å². The number of aromatic hydroxyl groups is 1. The minimum absolute atomic E-state index is 0.0169. The molecule has 9 heteroatoms. The number of aromatic nitrogens is 1. The van der Waals surface area contributed by atoms with Gasteiger partial charge >= 0.3 is 11.6 Å². The molecular formula is C25H24N2O7. The molecule has 0 aliphatic heterocycles. The maximum atomic E-state index is 12.6. The molecule has 0 bridgehead atoms. The van der Waals surface area contributed by atoms with Crippen molar-refractivity contribution in [3.63, 3.8) is 0 Å². The molecule has 0 fully saturated rings. The first-order chi connectivity index (χ1) is 16.2. The van der Waals surface area contributed by atoms with E-state index in [1.165, 1.54) is 18.2 Å². The Morgan fingerprint density at radius 3 is 2.71 bits per heavy atom. The van der Waals surface area contributed by atoms with Crippen LogP contribution in [-0.4, -0.2) is 39.7 Å². The lowest BCUT2D eigenvalue weighted by atomic mass is 10.0. The van der Waals surface area contributed by atoms with Gasteiger partial charge in [-0.2, -0.15) is 0 Å². The van der Waals surface area contributed by atoms with E-state index >= 15 is 0 Å². The van der Waals surface area contributed by atoms with Gasteiger partial charge in [0.25, 0.3) is 5.91 Å². The smallest absolute Gasteiger partial charge is 0.336 e. The van der Waals surface area contributed by atoms with Gasteiger partial charge in [0.2, 0.25) is 0 Å². The van der Waals surface area contributed by atoms with Gasteiger partial charge in [-0.05, 0) is 60.4 Å². The molecule has 9 nitrogen and oxygen atoms in total. The number of phenolic OH excluding ortho intramolecular Hbond substituents is 1. The van der Waals surface area contributed by atoms with Crippen LogP contribution in [-0.2, 0) is 22.4 Å². The van der Waals surface area contributed by atoms with Crippen LogP contribution in [0.3, 0.4) is 0 Å². The number of carboxylic acid groups (broad SMARTS) is 1. The summed E-state index contributed by atoms with van der Waals surface area (Å²) >= 11 is 0. The van der Waals surface area contributed by atoms with Gasteiger partial charge in [-0.15, -0.1) is 0 Å². The summed E-state index contributed by atoms with van der Waals surface area (Å²) < 4.78 is 11.0. The second-order valence-electron chi connectivity index (χ2n) is 8.08. The normalized spacial score (nSPS) is 12.1. The third-order valence-electron chi connectivity index (χ3n) is 5.58. The van der Waals surface area contributed by atoms with Crippen molar-refractivity contribution >= 4 is 33.7 Å². The number of carbonyl (C=O) groups is 2. The number of benzene rings is 2. The zero-order valence-corrected chi connectivity index (χ0v) is 18.7. The van der Waals surface area contributed by atoms with Gasteiger partial charge in [-0.25, -0.2) is 9.59 Å². The van der Waals surface area contributed by atoms with Crippen LogP contribution in [0.1, 0.15) is 23.6 Å². The first-order valence-electron chi connectivity index (χ1n) is 10.8. The highest BCUT2D eigenvalue weighted by Crippen LogP contribution is 2.30. The van der Waals surface area contributed by atoms with E-state index < -0.39 is 30.2 Å². The van der Waals surface area contributed by atoms with Crippen LogP contribution >= 0.6 is 0 Å². The number of nitrogens with one attached hydrogen (secondary N) is 2. The molecule has 2 aromatic carbocycles. The third kappa shape index (κ3) is 4.73. The van der Waals surface area contributed by atoms with Gasteiger partial charge in [-0.3, -0.25) is 4.79 Å². The second kappa shape index (κ2) is 9.30. The molecule has 176 valence electrons. The monoisotopic (exact) mass is 464 g/mol. The predicted octanol–water partition coefficient (Wildman–Crippen LogP) is 3.04. The Bertz CT molecular complexity index is 1450. The summed E-state index contributed by atoms with van der Waals surface area (Å²) in [6.07, 6.45) is 2.24. The van der Waals surface area contributed by atoms with Gasteiger partial charge in [-0.1, -0.05) is 6.92 Å². The number of carboxylic acids is 1. The molecule has 1 amide bonds. The number of fused-ring (bicyclic) bond motifs is 2. The highest BCUT2D eigenvalue weighted by Gasteiger charge is 2.23. The highest BCUT2D eigenvalue weighted by atomic mass is 16.5. The number of aryl methyl sites for hydroxylation is 2. The molecule has 0 saturated carbocycles. The van der Waals surface area contributed by atoms with E-state index in [1.54, 1.807) is 24.4 Å². The Hall–Kier alpha value is -4.27. The summed E-state index contributed by atoms with van der Waals surface area (Å²) in [6.45, 7) is 3.29. The largest absolute Gasteiger partial charge is 0.508 e.